The van der Waals surface area contributed by atoms with E-state index in [4.69, 9.17) is 14.2 Å². The van der Waals surface area contributed by atoms with Gasteiger partial charge in [-0.25, -0.2) is 4.79 Å². The van der Waals surface area contributed by atoms with Crippen molar-refractivity contribution in [1.29, 1.82) is 5.26 Å². The second-order valence-corrected chi connectivity index (χ2v) is 6.46. The third-order valence-electron chi connectivity index (χ3n) is 4.64. The lowest BCUT2D eigenvalue weighted by Gasteiger charge is -2.11. The SMILES string of the molecule is COC(OC)c1nn(Cc2c(C)cccc2C#N)c2cc(OC(=O)C(F)F)ccc12. The topological polar surface area (TPSA) is 86.4 Å². The van der Waals surface area contributed by atoms with Crippen molar-refractivity contribution in [3.8, 4) is 11.8 Å². The molecule has 1 heterocycles. The number of carbonyl (C=O) groups excluding carboxylic acids is 1. The Bertz CT molecular complexity index is 1120. The molecule has 7 nitrogen and oxygen atoms in total. The van der Waals surface area contributed by atoms with E-state index in [-0.39, 0.29) is 12.3 Å². The smallest absolute Gasteiger partial charge is 0.379 e. The summed E-state index contributed by atoms with van der Waals surface area (Å²) in [7, 11) is 2.93. The predicted octanol–water partition coefficient (Wildman–Crippen LogP) is 3.73. The summed E-state index contributed by atoms with van der Waals surface area (Å²) < 4.78 is 42.1. The third-order valence-corrected chi connectivity index (χ3v) is 4.64. The van der Waals surface area contributed by atoms with Crippen LogP contribution in [0.25, 0.3) is 10.9 Å². The first kappa shape index (κ1) is 21.4. The van der Waals surface area contributed by atoms with Gasteiger partial charge in [-0.3, -0.25) is 4.68 Å². The molecule has 0 amide bonds. The van der Waals surface area contributed by atoms with Crippen molar-refractivity contribution < 1.29 is 27.8 Å². The number of nitriles is 1. The van der Waals surface area contributed by atoms with E-state index < -0.39 is 18.7 Å². The van der Waals surface area contributed by atoms with Crippen molar-refractivity contribution in [1.82, 2.24) is 9.78 Å². The molecule has 0 saturated heterocycles. The molecule has 0 atom stereocenters. The van der Waals surface area contributed by atoms with E-state index in [1.165, 1.54) is 26.4 Å². The lowest BCUT2D eigenvalue weighted by molar-refractivity contribution is -0.146. The molecule has 30 heavy (non-hydrogen) atoms. The van der Waals surface area contributed by atoms with E-state index in [2.05, 4.69) is 11.2 Å². The van der Waals surface area contributed by atoms with Gasteiger partial charge in [-0.15, -0.1) is 0 Å². The molecule has 0 spiro atoms. The molecule has 2 aromatic carbocycles. The van der Waals surface area contributed by atoms with Crippen molar-refractivity contribution in [2.45, 2.75) is 26.2 Å². The zero-order chi connectivity index (χ0) is 21.8. The number of rotatable bonds is 7. The quantitative estimate of drug-likeness (QED) is 0.332. The highest BCUT2D eigenvalue weighted by molar-refractivity contribution is 5.85. The van der Waals surface area contributed by atoms with Gasteiger partial charge in [0.15, 0.2) is 0 Å². The molecule has 0 aliphatic carbocycles. The Hall–Kier alpha value is -3.35. The molecule has 3 rings (SSSR count). The van der Waals surface area contributed by atoms with E-state index in [1.54, 1.807) is 22.9 Å². The Morgan fingerprint density at radius 3 is 2.60 bits per heavy atom. The summed E-state index contributed by atoms with van der Waals surface area (Å²) >= 11 is 0. The van der Waals surface area contributed by atoms with Crippen LogP contribution in [0.4, 0.5) is 8.78 Å². The van der Waals surface area contributed by atoms with Crippen molar-refractivity contribution in [3.63, 3.8) is 0 Å². The lowest BCUT2D eigenvalue weighted by Crippen LogP contribution is -2.17. The Labute approximate surface area is 171 Å². The highest BCUT2D eigenvalue weighted by Crippen LogP contribution is 2.30. The van der Waals surface area contributed by atoms with Crippen LogP contribution >= 0.6 is 0 Å². The number of esters is 1. The summed E-state index contributed by atoms with van der Waals surface area (Å²) in [5.41, 5.74) is 3.13. The minimum absolute atomic E-state index is 0.0443. The minimum atomic E-state index is -3.24. The largest absolute Gasteiger partial charge is 0.422 e. The molecule has 0 aliphatic heterocycles. The van der Waals surface area contributed by atoms with E-state index in [1.807, 2.05) is 13.0 Å². The lowest BCUT2D eigenvalue weighted by atomic mass is 10.0. The molecule has 0 aliphatic rings. The molecule has 0 fully saturated rings. The standard InChI is InChI=1S/C21H19F2N3O4/c1-12-5-4-6-13(10-24)16(12)11-26-17-9-14(30-20(27)19(22)23)7-8-15(17)18(25-26)21(28-2)29-3/h4-9,19,21H,11H2,1-3H3. The number of aryl methyl sites for hydroxylation is 1. The van der Waals surface area contributed by atoms with Gasteiger partial charge in [0.2, 0.25) is 6.29 Å². The number of nitrogens with zero attached hydrogens (tertiary/aromatic N) is 3. The summed E-state index contributed by atoms with van der Waals surface area (Å²) in [5.74, 6) is -1.69. The van der Waals surface area contributed by atoms with Gasteiger partial charge in [-0.2, -0.15) is 19.1 Å². The average Bonchev–Trinajstić information content (AvgIpc) is 3.08. The van der Waals surface area contributed by atoms with Crippen LogP contribution < -0.4 is 4.74 Å². The van der Waals surface area contributed by atoms with Crippen LogP contribution in [0.1, 0.15) is 28.7 Å². The maximum atomic E-state index is 12.6. The predicted molar refractivity (Wildman–Crippen MR) is 103 cm³/mol. The number of carbonyl (C=O) groups is 1. The molecule has 3 aromatic rings. The fourth-order valence-corrected chi connectivity index (χ4v) is 3.18. The highest BCUT2D eigenvalue weighted by Gasteiger charge is 2.22. The first-order chi connectivity index (χ1) is 14.4. The number of aromatic nitrogens is 2. The monoisotopic (exact) mass is 415 g/mol. The summed E-state index contributed by atoms with van der Waals surface area (Å²) in [6.07, 6.45) is -4.01. The van der Waals surface area contributed by atoms with Crippen molar-refractivity contribution >= 4 is 16.9 Å². The Morgan fingerprint density at radius 2 is 1.97 bits per heavy atom. The van der Waals surface area contributed by atoms with Crippen molar-refractivity contribution in [2.75, 3.05) is 14.2 Å². The molecule has 0 N–H and O–H groups in total. The highest BCUT2D eigenvalue weighted by atomic mass is 19.3. The number of hydrogen-bond acceptors (Lipinski definition) is 6. The van der Waals surface area contributed by atoms with Gasteiger partial charge < -0.3 is 14.2 Å². The molecule has 156 valence electrons. The Kier molecular flexibility index (Phi) is 6.40. The van der Waals surface area contributed by atoms with Gasteiger partial charge in [0.1, 0.15) is 11.4 Å². The van der Waals surface area contributed by atoms with Crippen LogP contribution in [0.2, 0.25) is 0 Å². The molecule has 0 saturated carbocycles. The second-order valence-electron chi connectivity index (χ2n) is 6.46. The van der Waals surface area contributed by atoms with E-state index in [9.17, 15) is 18.8 Å². The van der Waals surface area contributed by atoms with Crippen LogP contribution in [0.5, 0.6) is 5.75 Å². The minimum Gasteiger partial charge on any atom is -0.422 e. The van der Waals surface area contributed by atoms with Crippen LogP contribution in [-0.2, 0) is 20.8 Å². The summed E-state index contributed by atoms with van der Waals surface area (Å²) in [5, 5.41) is 14.6. The molecular weight excluding hydrogens is 396 g/mol. The maximum Gasteiger partial charge on any atom is 0.379 e. The molecule has 9 heteroatoms. The Morgan fingerprint density at radius 1 is 1.23 bits per heavy atom. The van der Waals surface area contributed by atoms with Crippen molar-refractivity contribution in [3.05, 3.63) is 58.8 Å². The van der Waals surface area contributed by atoms with Gasteiger partial charge in [0, 0.05) is 25.7 Å². The zero-order valence-corrected chi connectivity index (χ0v) is 16.6. The number of ether oxygens (including phenoxy) is 3. The van der Waals surface area contributed by atoms with Gasteiger partial charge in [-0.05, 0) is 36.2 Å². The first-order valence-electron chi connectivity index (χ1n) is 8.94. The first-order valence-corrected chi connectivity index (χ1v) is 8.94. The van der Waals surface area contributed by atoms with Crippen LogP contribution in [0, 0.1) is 18.3 Å². The van der Waals surface area contributed by atoms with Crippen molar-refractivity contribution in [2.24, 2.45) is 0 Å². The maximum absolute atomic E-state index is 12.6. The number of hydrogen-bond donors (Lipinski definition) is 0. The van der Waals surface area contributed by atoms with Crippen LogP contribution in [-0.4, -0.2) is 36.4 Å². The number of benzene rings is 2. The number of methoxy groups -OCH3 is 2. The fourth-order valence-electron chi connectivity index (χ4n) is 3.18. The fraction of sp³-hybridized carbons (Fsp3) is 0.286. The van der Waals surface area contributed by atoms with Gasteiger partial charge in [0.05, 0.1) is 23.7 Å². The molecule has 0 bridgehead atoms. The molecule has 0 radical (unpaired) electrons. The zero-order valence-electron chi connectivity index (χ0n) is 16.6. The normalized spacial score (nSPS) is 11.3. The van der Waals surface area contributed by atoms with Gasteiger partial charge >= 0.3 is 12.4 Å². The summed E-state index contributed by atoms with van der Waals surface area (Å²) in [6.45, 7) is 2.12. The van der Waals surface area contributed by atoms with E-state index in [0.717, 1.165) is 11.1 Å². The molecular formula is C21H19F2N3O4. The van der Waals surface area contributed by atoms with Crippen LogP contribution in [0.15, 0.2) is 36.4 Å². The molecule has 1 aromatic heterocycles. The number of fused-ring (bicyclic) bond motifs is 1. The van der Waals surface area contributed by atoms with Gasteiger partial charge in [0.25, 0.3) is 0 Å². The molecule has 0 unspecified atom stereocenters. The average molecular weight is 415 g/mol. The Balaban J connectivity index is 2.14. The van der Waals surface area contributed by atoms with Crippen LogP contribution in [0.3, 0.4) is 0 Å². The third kappa shape index (κ3) is 4.15. The number of alkyl halides is 2. The van der Waals surface area contributed by atoms with Gasteiger partial charge in [-0.1, -0.05) is 12.1 Å². The van der Waals surface area contributed by atoms with E-state index in [0.29, 0.717) is 22.2 Å². The van der Waals surface area contributed by atoms with E-state index >= 15 is 0 Å². The summed E-state index contributed by atoms with van der Waals surface area (Å²) in [6, 6.07) is 12.0. The second kappa shape index (κ2) is 8.98. The number of halogens is 2. The summed E-state index contributed by atoms with van der Waals surface area (Å²) in [4.78, 5) is 11.3.